The lowest BCUT2D eigenvalue weighted by molar-refractivity contribution is -0.143. The van der Waals surface area contributed by atoms with Crippen LogP contribution in [-0.4, -0.2) is 47.4 Å². The Bertz CT molecular complexity index is 1330. The Hall–Kier alpha value is -1.92. The van der Waals surface area contributed by atoms with Gasteiger partial charge in [-0.2, -0.15) is 0 Å². The van der Waals surface area contributed by atoms with Crippen LogP contribution in [0, 0.1) is 0 Å². The minimum absolute atomic E-state index is 0.0154. The minimum Gasteiger partial charge on any atom is -0.466 e. The van der Waals surface area contributed by atoms with E-state index in [0.717, 1.165) is 51.4 Å². The van der Waals surface area contributed by atoms with Crippen LogP contribution >= 0.6 is 0 Å². The molecule has 0 aromatic heterocycles. The molecule has 6 heteroatoms. The quantitative estimate of drug-likeness (QED) is 0.0320. The standard InChI is InChI=1S/C76H145NO5/c1-3-5-7-9-11-13-15-17-18-19-40-43-46-50-54-58-62-66-70-76(81)82-71-67-63-59-55-51-47-44-41-38-36-34-32-30-28-26-24-22-20-21-23-25-27-29-31-33-35-37-39-42-45-49-53-57-61-65-69-75(80)77-73(72-78)74(79)68-64-60-56-52-48-16-14-12-10-8-6-4-2/h13,15,18-19,64,68,73-74,78-79H,3-12,14,16-17,20-63,65-67,69-72H2,1-2H3,(H,77,80)/b15-13-,19-18-,68-64+. The summed E-state index contributed by atoms with van der Waals surface area (Å²) >= 11 is 0. The number of carbonyl (C=O) groups excluding carboxylic acids is 2. The molecular weight excluding hydrogens is 1010 g/mol. The molecule has 0 rings (SSSR count). The van der Waals surface area contributed by atoms with Gasteiger partial charge in [0, 0.05) is 12.8 Å². The molecule has 0 saturated heterocycles. The number of ether oxygens (including phenoxy) is 1. The number of rotatable bonds is 70. The highest BCUT2D eigenvalue weighted by atomic mass is 16.5. The number of unbranched alkanes of at least 4 members (excludes halogenated alkanes) is 55. The van der Waals surface area contributed by atoms with Gasteiger partial charge in [-0.15, -0.1) is 0 Å². The second kappa shape index (κ2) is 71.6. The van der Waals surface area contributed by atoms with E-state index in [4.69, 9.17) is 4.74 Å². The lowest BCUT2D eigenvalue weighted by atomic mass is 10.0. The Labute approximate surface area is 513 Å². The van der Waals surface area contributed by atoms with Crippen molar-refractivity contribution in [3.63, 3.8) is 0 Å². The molecule has 0 aromatic rings. The molecular formula is C76H145NO5. The maximum Gasteiger partial charge on any atom is 0.305 e. The number of hydrogen-bond donors (Lipinski definition) is 3. The van der Waals surface area contributed by atoms with Gasteiger partial charge in [-0.05, 0) is 64.2 Å². The fourth-order valence-electron chi connectivity index (χ4n) is 11.7. The Morgan fingerprint density at radius 2 is 0.610 bits per heavy atom. The molecule has 0 aliphatic heterocycles. The molecule has 0 radical (unpaired) electrons. The Morgan fingerprint density at radius 1 is 0.341 bits per heavy atom. The zero-order valence-corrected chi connectivity index (χ0v) is 55.5. The average molecular weight is 1150 g/mol. The van der Waals surface area contributed by atoms with Crippen molar-refractivity contribution in [2.45, 2.75) is 424 Å². The van der Waals surface area contributed by atoms with Crippen molar-refractivity contribution in [1.29, 1.82) is 0 Å². The summed E-state index contributed by atoms with van der Waals surface area (Å²) in [6, 6.07) is -0.623. The summed E-state index contributed by atoms with van der Waals surface area (Å²) < 4.78 is 5.51. The van der Waals surface area contributed by atoms with Gasteiger partial charge in [-0.3, -0.25) is 9.59 Å². The van der Waals surface area contributed by atoms with Crippen LogP contribution < -0.4 is 5.32 Å². The molecule has 3 N–H and O–H groups in total. The molecule has 0 saturated carbocycles. The molecule has 0 heterocycles. The first-order valence-corrected chi connectivity index (χ1v) is 37.3. The van der Waals surface area contributed by atoms with Crippen LogP contribution in [0.5, 0.6) is 0 Å². The van der Waals surface area contributed by atoms with E-state index in [1.807, 2.05) is 6.08 Å². The van der Waals surface area contributed by atoms with E-state index in [2.05, 4.69) is 43.5 Å². The molecule has 0 aliphatic rings. The van der Waals surface area contributed by atoms with Gasteiger partial charge in [0.2, 0.25) is 5.91 Å². The zero-order valence-electron chi connectivity index (χ0n) is 55.5. The van der Waals surface area contributed by atoms with E-state index in [1.165, 1.54) is 334 Å². The number of aliphatic hydroxyl groups excluding tert-OH is 2. The first-order chi connectivity index (χ1) is 40.5. The number of hydrogen-bond acceptors (Lipinski definition) is 5. The fourth-order valence-corrected chi connectivity index (χ4v) is 11.7. The van der Waals surface area contributed by atoms with Gasteiger partial charge in [0.25, 0.3) is 0 Å². The number of esters is 1. The van der Waals surface area contributed by atoms with E-state index in [9.17, 15) is 19.8 Å². The molecule has 0 fully saturated rings. The summed E-state index contributed by atoms with van der Waals surface area (Å²) in [6.07, 6.45) is 92.6. The summed E-state index contributed by atoms with van der Waals surface area (Å²) in [5.41, 5.74) is 0. The van der Waals surface area contributed by atoms with E-state index < -0.39 is 12.1 Å². The Balaban J connectivity index is 3.30. The molecule has 82 heavy (non-hydrogen) atoms. The summed E-state index contributed by atoms with van der Waals surface area (Å²) in [5, 5.41) is 23.1. The summed E-state index contributed by atoms with van der Waals surface area (Å²) in [4.78, 5) is 24.6. The smallest absolute Gasteiger partial charge is 0.305 e. The monoisotopic (exact) mass is 1150 g/mol. The van der Waals surface area contributed by atoms with Crippen LogP contribution in [0.15, 0.2) is 36.5 Å². The Kier molecular flexibility index (Phi) is 69.9. The number of allylic oxidation sites excluding steroid dienone is 5. The van der Waals surface area contributed by atoms with Gasteiger partial charge >= 0.3 is 5.97 Å². The molecule has 1 amide bonds. The van der Waals surface area contributed by atoms with Crippen molar-refractivity contribution in [3.8, 4) is 0 Å². The van der Waals surface area contributed by atoms with Crippen molar-refractivity contribution >= 4 is 11.9 Å². The largest absolute Gasteiger partial charge is 0.466 e. The summed E-state index contributed by atoms with van der Waals surface area (Å²) in [5.74, 6) is -0.0463. The summed E-state index contributed by atoms with van der Waals surface area (Å²) in [6.45, 7) is 4.91. The van der Waals surface area contributed by atoms with Crippen LogP contribution in [0.1, 0.15) is 412 Å². The molecule has 0 aromatic carbocycles. The molecule has 484 valence electrons. The predicted octanol–water partition coefficient (Wildman–Crippen LogP) is 24.3. The highest BCUT2D eigenvalue weighted by Crippen LogP contribution is 2.19. The van der Waals surface area contributed by atoms with Gasteiger partial charge < -0.3 is 20.3 Å². The number of aliphatic hydroxyl groups is 2. The van der Waals surface area contributed by atoms with Crippen LogP contribution in [0.4, 0.5) is 0 Å². The first-order valence-electron chi connectivity index (χ1n) is 37.3. The van der Waals surface area contributed by atoms with Crippen LogP contribution in [0.25, 0.3) is 0 Å². The predicted molar refractivity (Wildman–Crippen MR) is 361 cm³/mol. The first kappa shape index (κ1) is 80.1. The molecule has 2 atom stereocenters. The number of amides is 1. The van der Waals surface area contributed by atoms with Gasteiger partial charge in [0.05, 0.1) is 25.4 Å². The Morgan fingerprint density at radius 3 is 0.939 bits per heavy atom. The maximum atomic E-state index is 12.5. The van der Waals surface area contributed by atoms with Crippen LogP contribution in [0.3, 0.4) is 0 Å². The van der Waals surface area contributed by atoms with Crippen LogP contribution in [0.2, 0.25) is 0 Å². The minimum atomic E-state index is -0.839. The SMILES string of the molecule is CCCCCC/C=C\C/C=C\CCCCCCCCCC(=O)OCCCCCCCCCCCCCCCCCCCCCCCCCCCCCCCCCCCCCC(=O)NC(CO)C(O)/C=C/CCCCCCCCCCCC. The van der Waals surface area contributed by atoms with Crippen LogP contribution in [-0.2, 0) is 14.3 Å². The third-order valence-corrected chi connectivity index (χ3v) is 17.4. The number of nitrogens with one attached hydrogen (secondary N) is 1. The molecule has 6 nitrogen and oxygen atoms in total. The highest BCUT2D eigenvalue weighted by Gasteiger charge is 2.18. The van der Waals surface area contributed by atoms with Gasteiger partial charge in [-0.25, -0.2) is 0 Å². The average Bonchev–Trinajstić information content (AvgIpc) is 3.48. The topological polar surface area (TPSA) is 95.9 Å². The van der Waals surface area contributed by atoms with E-state index >= 15 is 0 Å². The lowest BCUT2D eigenvalue weighted by Gasteiger charge is -2.20. The summed E-state index contributed by atoms with van der Waals surface area (Å²) in [7, 11) is 0. The molecule has 2 unspecified atom stereocenters. The van der Waals surface area contributed by atoms with Gasteiger partial charge in [0.15, 0.2) is 0 Å². The van der Waals surface area contributed by atoms with Gasteiger partial charge in [-0.1, -0.05) is 371 Å². The third kappa shape index (κ3) is 67.2. The fraction of sp³-hybridized carbons (Fsp3) is 0.895. The van der Waals surface area contributed by atoms with Crippen molar-refractivity contribution in [3.05, 3.63) is 36.5 Å². The van der Waals surface area contributed by atoms with Crippen molar-refractivity contribution in [2.75, 3.05) is 13.2 Å². The lowest BCUT2D eigenvalue weighted by Crippen LogP contribution is -2.45. The second-order valence-electron chi connectivity index (χ2n) is 25.6. The third-order valence-electron chi connectivity index (χ3n) is 17.4. The van der Waals surface area contributed by atoms with E-state index in [-0.39, 0.29) is 18.5 Å². The maximum absolute atomic E-state index is 12.5. The van der Waals surface area contributed by atoms with Crippen molar-refractivity contribution in [1.82, 2.24) is 5.32 Å². The second-order valence-corrected chi connectivity index (χ2v) is 25.6. The van der Waals surface area contributed by atoms with Crippen molar-refractivity contribution in [2.24, 2.45) is 0 Å². The van der Waals surface area contributed by atoms with E-state index in [1.54, 1.807) is 6.08 Å². The normalized spacial score (nSPS) is 12.7. The molecule has 0 aliphatic carbocycles. The molecule has 0 bridgehead atoms. The zero-order chi connectivity index (χ0) is 59.2. The van der Waals surface area contributed by atoms with E-state index in [0.29, 0.717) is 19.4 Å². The molecule has 0 spiro atoms. The van der Waals surface area contributed by atoms with Gasteiger partial charge in [0.1, 0.15) is 0 Å². The highest BCUT2D eigenvalue weighted by molar-refractivity contribution is 5.76. The van der Waals surface area contributed by atoms with Crippen molar-refractivity contribution < 1.29 is 24.5 Å². The number of carbonyl (C=O) groups is 2.